The van der Waals surface area contributed by atoms with Crippen molar-refractivity contribution in [2.45, 2.75) is 37.6 Å². The maximum Gasteiger partial charge on any atom is 0.257 e. The van der Waals surface area contributed by atoms with E-state index in [1.165, 1.54) is 10.7 Å². The van der Waals surface area contributed by atoms with Gasteiger partial charge in [-0.05, 0) is 18.9 Å². The van der Waals surface area contributed by atoms with Crippen molar-refractivity contribution in [1.29, 1.82) is 0 Å². The van der Waals surface area contributed by atoms with Gasteiger partial charge in [-0.25, -0.2) is 9.50 Å². The van der Waals surface area contributed by atoms with Crippen LogP contribution in [0.15, 0.2) is 24.7 Å². The summed E-state index contributed by atoms with van der Waals surface area (Å²) in [5.41, 5.74) is 5.39. The SMILES string of the molecule is NC(=O)C1(NC(=O)c2cnn3cccnc23)CCCCC1. The van der Waals surface area contributed by atoms with E-state index >= 15 is 0 Å². The molecule has 1 fully saturated rings. The lowest BCUT2D eigenvalue weighted by Gasteiger charge is -2.34. The lowest BCUT2D eigenvalue weighted by atomic mass is 9.81. The van der Waals surface area contributed by atoms with Crippen LogP contribution in [0.2, 0.25) is 0 Å². The first-order valence-electron chi connectivity index (χ1n) is 7.03. The summed E-state index contributed by atoms with van der Waals surface area (Å²) in [4.78, 5) is 28.4. The van der Waals surface area contributed by atoms with Gasteiger partial charge in [0.15, 0.2) is 5.65 Å². The molecule has 7 heteroatoms. The van der Waals surface area contributed by atoms with Crippen molar-refractivity contribution in [3.63, 3.8) is 0 Å². The number of carbonyl (C=O) groups is 2. The van der Waals surface area contributed by atoms with Crippen molar-refractivity contribution >= 4 is 17.5 Å². The third-order valence-electron chi connectivity index (χ3n) is 4.06. The van der Waals surface area contributed by atoms with Gasteiger partial charge in [-0.1, -0.05) is 19.3 Å². The summed E-state index contributed by atoms with van der Waals surface area (Å²) in [5.74, 6) is -0.829. The number of aromatic nitrogens is 3. The molecule has 0 saturated heterocycles. The minimum absolute atomic E-state index is 0.349. The summed E-state index contributed by atoms with van der Waals surface area (Å²) in [6.45, 7) is 0. The summed E-state index contributed by atoms with van der Waals surface area (Å²) in [5, 5.41) is 6.90. The monoisotopic (exact) mass is 287 g/mol. The highest BCUT2D eigenvalue weighted by Crippen LogP contribution is 2.28. The molecule has 1 saturated carbocycles. The fraction of sp³-hybridized carbons (Fsp3) is 0.429. The van der Waals surface area contributed by atoms with Crippen LogP contribution in [0.25, 0.3) is 5.65 Å². The van der Waals surface area contributed by atoms with E-state index in [1.807, 2.05) is 0 Å². The zero-order valence-corrected chi connectivity index (χ0v) is 11.6. The van der Waals surface area contributed by atoms with Crippen LogP contribution < -0.4 is 11.1 Å². The molecule has 0 spiro atoms. The highest BCUT2D eigenvalue weighted by atomic mass is 16.2. The smallest absolute Gasteiger partial charge is 0.257 e. The highest BCUT2D eigenvalue weighted by Gasteiger charge is 2.39. The van der Waals surface area contributed by atoms with Crippen LogP contribution in [0.3, 0.4) is 0 Å². The standard InChI is InChI=1S/C14H17N5O2/c15-13(21)14(5-2-1-3-6-14)18-12(20)10-9-17-19-8-4-7-16-11(10)19/h4,7-9H,1-3,5-6H2,(H2,15,21)(H,18,20). The van der Waals surface area contributed by atoms with Crippen molar-refractivity contribution < 1.29 is 9.59 Å². The zero-order chi connectivity index (χ0) is 14.9. The van der Waals surface area contributed by atoms with Crippen LogP contribution in [0.5, 0.6) is 0 Å². The predicted octanol–water partition coefficient (Wildman–Crippen LogP) is 0.647. The number of rotatable bonds is 3. The Morgan fingerprint density at radius 1 is 1.29 bits per heavy atom. The molecular weight excluding hydrogens is 270 g/mol. The number of hydrogen-bond donors (Lipinski definition) is 2. The van der Waals surface area contributed by atoms with Crippen molar-refractivity contribution in [3.8, 4) is 0 Å². The third kappa shape index (κ3) is 2.35. The largest absolute Gasteiger partial charge is 0.368 e. The number of nitrogens with zero attached hydrogens (tertiary/aromatic N) is 3. The predicted molar refractivity (Wildman–Crippen MR) is 75.5 cm³/mol. The molecule has 2 heterocycles. The first-order valence-corrected chi connectivity index (χ1v) is 7.03. The van der Waals surface area contributed by atoms with Gasteiger partial charge >= 0.3 is 0 Å². The molecule has 0 aliphatic heterocycles. The van der Waals surface area contributed by atoms with E-state index in [-0.39, 0.29) is 5.91 Å². The summed E-state index contributed by atoms with van der Waals surface area (Å²) >= 11 is 0. The topological polar surface area (TPSA) is 102 Å². The Labute approximate surface area is 121 Å². The summed E-state index contributed by atoms with van der Waals surface area (Å²) in [6.07, 6.45) is 8.76. The molecule has 0 bridgehead atoms. The maximum atomic E-state index is 12.5. The second kappa shape index (κ2) is 5.16. The minimum Gasteiger partial charge on any atom is -0.368 e. The number of carbonyl (C=O) groups excluding carboxylic acids is 2. The lowest BCUT2D eigenvalue weighted by Crippen LogP contribution is -2.58. The molecule has 0 unspecified atom stereocenters. The molecule has 3 rings (SSSR count). The second-order valence-corrected chi connectivity index (χ2v) is 5.41. The van der Waals surface area contributed by atoms with Crippen LogP contribution in [0.1, 0.15) is 42.5 Å². The molecule has 3 N–H and O–H groups in total. The molecule has 1 aliphatic carbocycles. The lowest BCUT2D eigenvalue weighted by molar-refractivity contribution is -0.125. The van der Waals surface area contributed by atoms with Gasteiger partial charge in [0.05, 0.1) is 6.20 Å². The first kappa shape index (κ1) is 13.5. The molecule has 2 aromatic heterocycles. The van der Waals surface area contributed by atoms with E-state index in [4.69, 9.17) is 5.73 Å². The Morgan fingerprint density at radius 2 is 2.05 bits per heavy atom. The van der Waals surface area contributed by atoms with Crippen LogP contribution in [0, 0.1) is 0 Å². The van der Waals surface area contributed by atoms with E-state index in [2.05, 4.69) is 15.4 Å². The summed E-state index contributed by atoms with van der Waals surface area (Å²) < 4.78 is 1.52. The minimum atomic E-state index is -0.946. The van der Waals surface area contributed by atoms with Crippen LogP contribution in [-0.4, -0.2) is 32.0 Å². The average molecular weight is 287 g/mol. The molecule has 0 aromatic carbocycles. The molecule has 7 nitrogen and oxygen atoms in total. The Balaban J connectivity index is 1.89. The zero-order valence-electron chi connectivity index (χ0n) is 11.6. The number of nitrogens with one attached hydrogen (secondary N) is 1. The van der Waals surface area contributed by atoms with Crippen LogP contribution in [0.4, 0.5) is 0 Å². The number of nitrogens with two attached hydrogens (primary N) is 1. The van der Waals surface area contributed by atoms with Gasteiger partial charge < -0.3 is 11.1 Å². The van der Waals surface area contributed by atoms with Crippen molar-refractivity contribution in [2.24, 2.45) is 5.73 Å². The second-order valence-electron chi connectivity index (χ2n) is 5.41. The summed E-state index contributed by atoms with van der Waals surface area (Å²) in [7, 11) is 0. The Bertz CT molecular complexity index is 687. The average Bonchev–Trinajstić information content (AvgIpc) is 2.92. The Hall–Kier alpha value is -2.44. The Kier molecular flexibility index (Phi) is 3.32. The molecule has 110 valence electrons. The number of hydrogen-bond acceptors (Lipinski definition) is 4. The van der Waals surface area contributed by atoms with Crippen LogP contribution in [-0.2, 0) is 4.79 Å². The molecule has 0 atom stereocenters. The highest BCUT2D eigenvalue weighted by molar-refractivity contribution is 6.02. The van der Waals surface area contributed by atoms with Gasteiger partial charge in [0.25, 0.3) is 5.91 Å². The van der Waals surface area contributed by atoms with E-state index in [1.54, 1.807) is 18.5 Å². The van der Waals surface area contributed by atoms with Crippen molar-refractivity contribution in [1.82, 2.24) is 19.9 Å². The third-order valence-corrected chi connectivity index (χ3v) is 4.06. The van der Waals surface area contributed by atoms with Gasteiger partial charge in [0.1, 0.15) is 11.1 Å². The number of fused-ring (bicyclic) bond motifs is 1. The number of amides is 2. The van der Waals surface area contributed by atoms with Gasteiger partial charge in [-0.3, -0.25) is 9.59 Å². The van der Waals surface area contributed by atoms with E-state index in [0.717, 1.165) is 19.3 Å². The van der Waals surface area contributed by atoms with Crippen molar-refractivity contribution in [2.75, 3.05) is 0 Å². The molecular formula is C14H17N5O2. The molecule has 21 heavy (non-hydrogen) atoms. The fourth-order valence-electron chi connectivity index (χ4n) is 2.86. The normalized spacial score (nSPS) is 17.5. The van der Waals surface area contributed by atoms with Gasteiger partial charge in [-0.2, -0.15) is 5.10 Å². The number of primary amides is 1. The molecule has 2 amide bonds. The maximum absolute atomic E-state index is 12.5. The van der Waals surface area contributed by atoms with E-state index < -0.39 is 11.4 Å². The van der Waals surface area contributed by atoms with Gasteiger partial charge in [-0.15, -0.1) is 0 Å². The molecule has 2 aromatic rings. The van der Waals surface area contributed by atoms with Gasteiger partial charge in [0, 0.05) is 12.4 Å². The first-order chi connectivity index (χ1) is 10.1. The molecule has 1 aliphatic rings. The summed E-state index contributed by atoms with van der Waals surface area (Å²) in [6, 6.07) is 1.73. The van der Waals surface area contributed by atoms with Crippen LogP contribution >= 0.6 is 0 Å². The van der Waals surface area contributed by atoms with E-state index in [0.29, 0.717) is 24.1 Å². The van der Waals surface area contributed by atoms with E-state index in [9.17, 15) is 9.59 Å². The van der Waals surface area contributed by atoms with Gasteiger partial charge in [0.2, 0.25) is 5.91 Å². The quantitative estimate of drug-likeness (QED) is 0.865. The Morgan fingerprint density at radius 3 is 2.76 bits per heavy atom. The fourth-order valence-corrected chi connectivity index (χ4v) is 2.86. The molecule has 0 radical (unpaired) electrons. The van der Waals surface area contributed by atoms with Crippen molar-refractivity contribution in [3.05, 3.63) is 30.2 Å².